The van der Waals surface area contributed by atoms with Crippen LogP contribution in [0.5, 0.6) is 5.75 Å². The summed E-state index contributed by atoms with van der Waals surface area (Å²) in [6.45, 7) is 2.29. The van der Waals surface area contributed by atoms with Crippen molar-refractivity contribution in [2.75, 3.05) is 6.61 Å². The van der Waals surface area contributed by atoms with Crippen molar-refractivity contribution >= 4 is 11.9 Å². The molecule has 0 atom stereocenters. The van der Waals surface area contributed by atoms with E-state index in [1.165, 1.54) is 6.42 Å². The highest BCUT2D eigenvalue weighted by molar-refractivity contribution is 5.78. The third kappa shape index (κ3) is 5.58. The van der Waals surface area contributed by atoms with Gasteiger partial charge in [0.2, 0.25) is 5.91 Å². The summed E-state index contributed by atoms with van der Waals surface area (Å²) < 4.78 is 5.14. The summed E-state index contributed by atoms with van der Waals surface area (Å²) in [5.74, 6) is 0.525. The van der Waals surface area contributed by atoms with Gasteiger partial charge < -0.3 is 15.2 Å². The molecule has 1 aliphatic rings. The minimum atomic E-state index is -1.01. The molecule has 1 amide bonds. The Morgan fingerprint density at radius 3 is 2.65 bits per heavy atom. The maximum absolute atomic E-state index is 12.2. The average molecular weight is 319 g/mol. The minimum Gasteiger partial charge on any atom is -0.482 e. The van der Waals surface area contributed by atoms with Gasteiger partial charge in [-0.2, -0.15) is 0 Å². The van der Waals surface area contributed by atoms with Crippen molar-refractivity contribution in [1.82, 2.24) is 5.32 Å². The van der Waals surface area contributed by atoms with Gasteiger partial charge in [0, 0.05) is 12.5 Å². The second kappa shape index (κ2) is 8.56. The fourth-order valence-electron chi connectivity index (χ4n) is 3.06. The first-order valence-electron chi connectivity index (χ1n) is 8.29. The van der Waals surface area contributed by atoms with E-state index in [-0.39, 0.29) is 18.4 Å². The summed E-state index contributed by atoms with van der Waals surface area (Å²) in [6, 6.07) is 7.16. The van der Waals surface area contributed by atoms with Gasteiger partial charge in [0.15, 0.2) is 6.61 Å². The molecule has 126 valence electrons. The second-order valence-electron chi connectivity index (χ2n) is 6.17. The highest BCUT2D eigenvalue weighted by atomic mass is 16.5. The van der Waals surface area contributed by atoms with Crippen LogP contribution in [-0.4, -0.2) is 23.6 Å². The van der Waals surface area contributed by atoms with Gasteiger partial charge in [-0.1, -0.05) is 25.5 Å². The Kier molecular flexibility index (Phi) is 6.44. The number of benzene rings is 1. The van der Waals surface area contributed by atoms with Crippen molar-refractivity contribution in [3.63, 3.8) is 0 Å². The van der Waals surface area contributed by atoms with Crippen LogP contribution in [0.4, 0.5) is 0 Å². The summed E-state index contributed by atoms with van der Waals surface area (Å²) in [7, 11) is 0. The van der Waals surface area contributed by atoms with Gasteiger partial charge in [0.1, 0.15) is 5.75 Å². The van der Waals surface area contributed by atoms with Crippen LogP contribution in [0.25, 0.3) is 0 Å². The van der Waals surface area contributed by atoms with E-state index in [9.17, 15) is 9.59 Å². The van der Waals surface area contributed by atoms with E-state index in [1.54, 1.807) is 18.2 Å². The van der Waals surface area contributed by atoms with Crippen molar-refractivity contribution in [2.45, 2.75) is 45.6 Å². The Hall–Kier alpha value is -2.04. The predicted octanol–water partition coefficient (Wildman–Crippen LogP) is 2.98. The molecule has 2 N–H and O–H groups in total. The lowest BCUT2D eigenvalue weighted by molar-refractivity contribution is -0.139. The van der Waals surface area contributed by atoms with E-state index >= 15 is 0 Å². The normalized spacial score (nSPS) is 20.7. The first-order chi connectivity index (χ1) is 11.1. The summed E-state index contributed by atoms with van der Waals surface area (Å²) in [5, 5.41) is 11.6. The molecule has 1 aliphatic carbocycles. The average Bonchev–Trinajstić information content (AvgIpc) is 2.58. The topological polar surface area (TPSA) is 75.6 Å². The molecule has 0 spiro atoms. The number of ether oxygens (including phenoxy) is 1. The lowest BCUT2D eigenvalue weighted by atomic mass is 9.80. The zero-order valence-corrected chi connectivity index (χ0v) is 13.6. The molecule has 0 unspecified atom stereocenters. The fraction of sp³-hybridized carbons (Fsp3) is 0.556. The highest BCUT2D eigenvalue weighted by Crippen LogP contribution is 2.30. The van der Waals surface area contributed by atoms with Crippen LogP contribution >= 0.6 is 0 Å². The molecule has 0 heterocycles. The molecule has 2 rings (SSSR count). The summed E-state index contributed by atoms with van der Waals surface area (Å²) in [5.41, 5.74) is 0.906. The number of hydrogen-bond acceptors (Lipinski definition) is 3. The molecule has 0 bridgehead atoms. The van der Waals surface area contributed by atoms with E-state index in [0.29, 0.717) is 12.3 Å². The lowest BCUT2D eigenvalue weighted by Crippen LogP contribution is -2.32. The van der Waals surface area contributed by atoms with Crippen LogP contribution in [-0.2, 0) is 16.1 Å². The predicted molar refractivity (Wildman–Crippen MR) is 87.2 cm³/mol. The number of aliphatic carboxylic acids is 1. The quantitative estimate of drug-likeness (QED) is 0.810. The van der Waals surface area contributed by atoms with E-state index in [0.717, 1.165) is 37.2 Å². The third-order valence-corrected chi connectivity index (χ3v) is 4.52. The monoisotopic (exact) mass is 319 g/mol. The zero-order chi connectivity index (χ0) is 16.7. The zero-order valence-electron chi connectivity index (χ0n) is 13.6. The third-order valence-electron chi connectivity index (χ3n) is 4.52. The summed E-state index contributed by atoms with van der Waals surface area (Å²) in [6.07, 6.45) is 5.45. The van der Waals surface area contributed by atoms with Crippen molar-refractivity contribution in [1.29, 1.82) is 0 Å². The maximum atomic E-state index is 12.2. The first kappa shape index (κ1) is 17.3. The second-order valence-corrected chi connectivity index (χ2v) is 6.17. The van der Waals surface area contributed by atoms with Gasteiger partial charge in [0.05, 0.1) is 0 Å². The highest BCUT2D eigenvalue weighted by Gasteiger charge is 2.25. The molecule has 1 aromatic carbocycles. The van der Waals surface area contributed by atoms with E-state index in [4.69, 9.17) is 9.84 Å². The van der Waals surface area contributed by atoms with Gasteiger partial charge in [0.25, 0.3) is 0 Å². The molecule has 1 aromatic rings. The molecule has 5 heteroatoms. The van der Waals surface area contributed by atoms with Crippen molar-refractivity contribution in [3.8, 4) is 5.75 Å². The van der Waals surface area contributed by atoms with E-state index in [2.05, 4.69) is 12.2 Å². The van der Waals surface area contributed by atoms with Crippen molar-refractivity contribution in [3.05, 3.63) is 29.8 Å². The number of carbonyl (C=O) groups excluding carboxylic acids is 1. The molecule has 0 radical (unpaired) electrons. The lowest BCUT2D eigenvalue weighted by Gasteiger charge is -2.26. The SMILES string of the molecule is CCC1CCC(C(=O)NCc2cccc(OCC(=O)O)c2)CC1. The Balaban J connectivity index is 1.80. The molecule has 0 saturated heterocycles. The van der Waals surface area contributed by atoms with Crippen LogP contribution in [0.1, 0.15) is 44.6 Å². The largest absolute Gasteiger partial charge is 0.482 e. The van der Waals surface area contributed by atoms with Gasteiger partial charge in [-0.05, 0) is 49.3 Å². The van der Waals surface area contributed by atoms with E-state index < -0.39 is 5.97 Å². The number of hydrogen-bond donors (Lipinski definition) is 2. The van der Waals surface area contributed by atoms with Gasteiger partial charge >= 0.3 is 5.97 Å². The molecule has 0 aromatic heterocycles. The summed E-state index contributed by atoms with van der Waals surface area (Å²) >= 11 is 0. The van der Waals surface area contributed by atoms with Crippen LogP contribution in [0, 0.1) is 11.8 Å². The number of amides is 1. The molecule has 0 aliphatic heterocycles. The molecular formula is C18H25NO4. The Morgan fingerprint density at radius 1 is 1.26 bits per heavy atom. The standard InChI is InChI=1S/C18H25NO4/c1-2-13-6-8-15(9-7-13)18(22)19-11-14-4-3-5-16(10-14)23-12-17(20)21/h3-5,10,13,15H,2,6-9,11-12H2,1H3,(H,19,22)(H,20,21). The van der Waals surface area contributed by atoms with Crippen LogP contribution in [0.2, 0.25) is 0 Å². The van der Waals surface area contributed by atoms with Crippen molar-refractivity contribution in [2.24, 2.45) is 11.8 Å². The van der Waals surface area contributed by atoms with Crippen LogP contribution in [0.15, 0.2) is 24.3 Å². The Labute approximate surface area is 137 Å². The fourth-order valence-corrected chi connectivity index (χ4v) is 3.06. The number of rotatable bonds is 7. The van der Waals surface area contributed by atoms with Gasteiger partial charge in [-0.25, -0.2) is 4.79 Å². The molecule has 1 saturated carbocycles. The minimum absolute atomic E-state index is 0.122. The number of carbonyl (C=O) groups is 2. The number of carboxylic acids is 1. The van der Waals surface area contributed by atoms with Gasteiger partial charge in [-0.3, -0.25) is 4.79 Å². The summed E-state index contributed by atoms with van der Waals surface area (Å²) in [4.78, 5) is 22.8. The first-order valence-corrected chi connectivity index (χ1v) is 8.29. The molecule has 23 heavy (non-hydrogen) atoms. The molecule has 5 nitrogen and oxygen atoms in total. The smallest absolute Gasteiger partial charge is 0.341 e. The van der Waals surface area contributed by atoms with Crippen molar-refractivity contribution < 1.29 is 19.4 Å². The van der Waals surface area contributed by atoms with Crippen LogP contribution < -0.4 is 10.1 Å². The van der Waals surface area contributed by atoms with Gasteiger partial charge in [-0.15, -0.1) is 0 Å². The number of carboxylic acid groups (broad SMARTS) is 1. The molecule has 1 fully saturated rings. The Bertz CT molecular complexity index is 536. The maximum Gasteiger partial charge on any atom is 0.341 e. The molecular weight excluding hydrogens is 294 g/mol. The van der Waals surface area contributed by atoms with E-state index in [1.807, 2.05) is 6.07 Å². The number of nitrogens with one attached hydrogen (secondary N) is 1. The van der Waals surface area contributed by atoms with Crippen LogP contribution in [0.3, 0.4) is 0 Å². The Morgan fingerprint density at radius 2 is 2.00 bits per heavy atom.